The van der Waals surface area contributed by atoms with Gasteiger partial charge in [0.25, 0.3) is 0 Å². The topological polar surface area (TPSA) is 46.6 Å². The van der Waals surface area contributed by atoms with E-state index in [2.05, 4.69) is 6.92 Å². The standard InChI is InChI=1S/C32H42ClNO3/c1-3-4-5-6-7-8-9-10-11-12-13-16-23-37-26-21-19-25(20-22-26)34(2)24-29-30(33)32(36)28-18-15-14-17-27(28)31(29)35/h14-15,17-22H,3-13,16,23-24H2,1-2H3. The maximum absolute atomic E-state index is 13.0. The Morgan fingerprint density at radius 3 is 1.78 bits per heavy atom. The lowest BCUT2D eigenvalue weighted by atomic mass is 9.89. The molecule has 0 radical (unpaired) electrons. The normalized spacial score (nSPS) is 13.2. The van der Waals surface area contributed by atoms with Crippen molar-refractivity contribution in [3.8, 4) is 5.75 Å². The number of likely N-dealkylation sites (N-methyl/N-ethyl adjacent to an activating group) is 1. The molecule has 5 heteroatoms. The first-order chi connectivity index (χ1) is 18.0. The quantitative estimate of drug-likeness (QED) is 0.194. The van der Waals surface area contributed by atoms with Crippen molar-refractivity contribution in [1.82, 2.24) is 0 Å². The molecule has 3 rings (SSSR count). The molecule has 0 aromatic heterocycles. The van der Waals surface area contributed by atoms with Crippen molar-refractivity contribution >= 4 is 28.9 Å². The van der Waals surface area contributed by atoms with Gasteiger partial charge >= 0.3 is 0 Å². The van der Waals surface area contributed by atoms with Crippen LogP contribution in [0.3, 0.4) is 0 Å². The molecule has 0 amide bonds. The third kappa shape index (κ3) is 8.74. The fourth-order valence-corrected chi connectivity index (χ4v) is 5.04. The number of rotatable bonds is 17. The molecule has 0 aliphatic heterocycles. The molecule has 1 aliphatic carbocycles. The summed E-state index contributed by atoms with van der Waals surface area (Å²) in [5, 5.41) is 0.0120. The number of carbonyl (C=O) groups excluding carboxylic acids is 2. The molecule has 0 atom stereocenters. The second-order valence-electron chi connectivity index (χ2n) is 10.1. The van der Waals surface area contributed by atoms with Crippen molar-refractivity contribution in [2.45, 2.75) is 84.0 Å². The van der Waals surface area contributed by atoms with E-state index in [1.54, 1.807) is 24.3 Å². The highest BCUT2D eigenvalue weighted by Crippen LogP contribution is 2.30. The van der Waals surface area contributed by atoms with Gasteiger partial charge in [-0.05, 0) is 30.7 Å². The van der Waals surface area contributed by atoms with Crippen LogP contribution in [0.1, 0.15) is 105 Å². The molecular formula is C32H42ClNO3. The third-order valence-electron chi connectivity index (χ3n) is 7.09. The van der Waals surface area contributed by atoms with Gasteiger partial charge in [0.1, 0.15) is 5.75 Å². The molecule has 0 spiro atoms. The Kier molecular flexibility index (Phi) is 12.2. The largest absolute Gasteiger partial charge is 0.494 e. The number of ether oxygens (including phenoxy) is 1. The number of fused-ring (bicyclic) bond motifs is 1. The first kappa shape index (κ1) is 29.0. The monoisotopic (exact) mass is 523 g/mol. The molecule has 0 unspecified atom stereocenters. The van der Waals surface area contributed by atoms with Gasteiger partial charge in [0.05, 0.1) is 11.6 Å². The molecule has 0 saturated heterocycles. The first-order valence-electron chi connectivity index (χ1n) is 14.0. The predicted octanol–water partition coefficient (Wildman–Crippen LogP) is 8.77. The second-order valence-corrected chi connectivity index (χ2v) is 10.5. The Hall–Kier alpha value is -2.59. The molecule has 0 fully saturated rings. The van der Waals surface area contributed by atoms with Crippen LogP contribution in [0.25, 0.3) is 0 Å². The van der Waals surface area contributed by atoms with Gasteiger partial charge < -0.3 is 9.64 Å². The molecule has 0 heterocycles. The molecule has 4 nitrogen and oxygen atoms in total. The molecule has 37 heavy (non-hydrogen) atoms. The maximum Gasteiger partial charge on any atom is 0.205 e. The number of anilines is 1. The van der Waals surface area contributed by atoms with E-state index in [9.17, 15) is 9.59 Å². The van der Waals surface area contributed by atoms with Crippen LogP contribution in [-0.4, -0.2) is 31.8 Å². The average Bonchev–Trinajstić information content (AvgIpc) is 2.92. The SMILES string of the molecule is CCCCCCCCCCCCCCOc1ccc(N(C)CC2=C(Cl)C(=O)c3ccccc3C2=O)cc1. The number of benzene rings is 2. The molecule has 200 valence electrons. The molecule has 0 N–H and O–H groups in total. The van der Waals surface area contributed by atoms with Crippen molar-refractivity contribution in [1.29, 1.82) is 0 Å². The zero-order chi connectivity index (χ0) is 26.5. The van der Waals surface area contributed by atoms with Crippen molar-refractivity contribution in [2.24, 2.45) is 0 Å². The number of hydrogen-bond acceptors (Lipinski definition) is 4. The Balaban J connectivity index is 1.34. The van der Waals surface area contributed by atoms with Gasteiger partial charge in [0.15, 0.2) is 5.78 Å². The van der Waals surface area contributed by atoms with Gasteiger partial charge in [-0.2, -0.15) is 0 Å². The highest BCUT2D eigenvalue weighted by atomic mass is 35.5. The van der Waals surface area contributed by atoms with Crippen LogP contribution in [0, 0.1) is 0 Å². The third-order valence-corrected chi connectivity index (χ3v) is 7.49. The lowest BCUT2D eigenvalue weighted by molar-refractivity contribution is 0.0979. The molecule has 0 bridgehead atoms. The Morgan fingerprint density at radius 2 is 1.22 bits per heavy atom. The zero-order valence-electron chi connectivity index (χ0n) is 22.6. The summed E-state index contributed by atoms with van der Waals surface area (Å²) < 4.78 is 5.92. The number of allylic oxidation sites excluding steroid dienone is 1. The molecule has 2 aromatic carbocycles. The number of halogens is 1. The van der Waals surface area contributed by atoms with Crippen LogP contribution in [0.4, 0.5) is 5.69 Å². The summed E-state index contributed by atoms with van der Waals surface area (Å²) in [5.41, 5.74) is 2.05. The maximum atomic E-state index is 13.0. The Bertz CT molecular complexity index is 1040. The van der Waals surface area contributed by atoms with E-state index in [0.717, 1.165) is 24.5 Å². The highest BCUT2D eigenvalue weighted by molar-refractivity contribution is 6.50. The van der Waals surface area contributed by atoms with Crippen LogP contribution < -0.4 is 9.64 Å². The number of unbranched alkanes of at least 4 members (excludes halogenated alkanes) is 11. The number of hydrogen-bond donors (Lipinski definition) is 0. The predicted molar refractivity (Wildman–Crippen MR) is 154 cm³/mol. The minimum absolute atomic E-state index is 0.0120. The summed E-state index contributed by atoms with van der Waals surface area (Å²) in [6, 6.07) is 14.7. The van der Waals surface area contributed by atoms with Crippen LogP contribution >= 0.6 is 11.6 Å². The van der Waals surface area contributed by atoms with E-state index in [1.807, 2.05) is 36.2 Å². The summed E-state index contributed by atoms with van der Waals surface area (Å²) in [6.07, 6.45) is 16.0. The minimum Gasteiger partial charge on any atom is -0.494 e. The fourth-order valence-electron chi connectivity index (χ4n) is 4.80. The van der Waals surface area contributed by atoms with Crippen LogP contribution in [0.15, 0.2) is 59.1 Å². The number of Topliss-reactive ketones (excluding diaryl/α,β-unsaturated/α-hetero) is 2. The van der Waals surface area contributed by atoms with Gasteiger partial charge in [-0.1, -0.05) is 113 Å². The molecular weight excluding hydrogens is 482 g/mol. The van der Waals surface area contributed by atoms with E-state index in [4.69, 9.17) is 16.3 Å². The van der Waals surface area contributed by atoms with Crippen molar-refractivity contribution in [3.05, 3.63) is 70.3 Å². The number of ketones is 2. The van der Waals surface area contributed by atoms with E-state index in [1.165, 1.54) is 70.6 Å². The lowest BCUT2D eigenvalue weighted by Gasteiger charge is -2.24. The van der Waals surface area contributed by atoms with E-state index < -0.39 is 0 Å². The number of carbonyl (C=O) groups is 2. The van der Waals surface area contributed by atoms with Crippen LogP contribution in [0.5, 0.6) is 5.75 Å². The summed E-state index contributed by atoms with van der Waals surface area (Å²) >= 11 is 6.32. The van der Waals surface area contributed by atoms with E-state index in [0.29, 0.717) is 16.7 Å². The van der Waals surface area contributed by atoms with Crippen molar-refractivity contribution in [2.75, 3.05) is 25.1 Å². The van der Waals surface area contributed by atoms with Crippen LogP contribution in [-0.2, 0) is 0 Å². The van der Waals surface area contributed by atoms with Crippen LogP contribution in [0.2, 0.25) is 0 Å². The van der Waals surface area contributed by atoms with E-state index in [-0.39, 0.29) is 23.1 Å². The smallest absolute Gasteiger partial charge is 0.205 e. The summed E-state index contributed by atoms with van der Waals surface area (Å²) in [6.45, 7) is 3.26. The average molecular weight is 524 g/mol. The fraction of sp³-hybridized carbons (Fsp3) is 0.500. The van der Waals surface area contributed by atoms with Gasteiger partial charge in [0, 0.05) is 36.0 Å². The van der Waals surface area contributed by atoms with Crippen molar-refractivity contribution < 1.29 is 14.3 Å². The van der Waals surface area contributed by atoms with Gasteiger partial charge in [-0.3, -0.25) is 9.59 Å². The molecule has 0 saturated carbocycles. The highest BCUT2D eigenvalue weighted by Gasteiger charge is 2.31. The summed E-state index contributed by atoms with van der Waals surface area (Å²) in [7, 11) is 1.89. The minimum atomic E-state index is -0.290. The van der Waals surface area contributed by atoms with Gasteiger partial charge in [-0.15, -0.1) is 0 Å². The summed E-state index contributed by atoms with van der Waals surface area (Å²) in [4.78, 5) is 27.5. The lowest BCUT2D eigenvalue weighted by Crippen LogP contribution is -2.29. The first-order valence-corrected chi connectivity index (χ1v) is 14.4. The van der Waals surface area contributed by atoms with Gasteiger partial charge in [0.2, 0.25) is 5.78 Å². The van der Waals surface area contributed by atoms with Crippen molar-refractivity contribution in [3.63, 3.8) is 0 Å². The second kappa shape index (κ2) is 15.6. The molecule has 1 aliphatic rings. The van der Waals surface area contributed by atoms with Gasteiger partial charge in [-0.25, -0.2) is 0 Å². The summed E-state index contributed by atoms with van der Waals surface area (Å²) in [5.74, 6) is 0.367. The Morgan fingerprint density at radius 1 is 0.703 bits per heavy atom. The zero-order valence-corrected chi connectivity index (χ0v) is 23.3. The van der Waals surface area contributed by atoms with E-state index >= 15 is 0 Å². The molecule has 2 aromatic rings. The number of nitrogens with zero attached hydrogens (tertiary/aromatic N) is 1. The Labute approximate surface area is 228 Å².